The van der Waals surface area contributed by atoms with Crippen LogP contribution in [-0.4, -0.2) is 61.0 Å². The minimum atomic E-state index is -3.02. The van der Waals surface area contributed by atoms with E-state index < -0.39 is 9.84 Å². The lowest BCUT2D eigenvalue weighted by molar-refractivity contribution is 0.107. The van der Waals surface area contributed by atoms with Gasteiger partial charge >= 0.3 is 0 Å². The molecule has 0 bridgehead atoms. The number of sulfone groups is 1. The van der Waals surface area contributed by atoms with Gasteiger partial charge in [-0.05, 0) is 12.8 Å². The Morgan fingerprint density at radius 1 is 1.50 bits per heavy atom. The third-order valence-corrected chi connectivity index (χ3v) is 7.26. The van der Waals surface area contributed by atoms with Crippen molar-refractivity contribution in [3.05, 3.63) is 0 Å². The zero-order valence-electron chi connectivity index (χ0n) is 11.3. The van der Waals surface area contributed by atoms with Crippen molar-refractivity contribution in [2.45, 2.75) is 42.2 Å². The molecular weight excluding hydrogens is 268 g/mol. The van der Waals surface area contributed by atoms with Crippen LogP contribution >= 0.6 is 11.8 Å². The van der Waals surface area contributed by atoms with E-state index in [4.69, 9.17) is 5.73 Å². The van der Waals surface area contributed by atoms with Gasteiger partial charge in [0.25, 0.3) is 0 Å². The molecule has 106 valence electrons. The molecule has 6 heteroatoms. The Hall–Kier alpha value is 0.220. The maximum absolute atomic E-state index is 12.0. The SMILES string of the molecule is CC1CN(C2(CN)CCCC2S(C)(=O)=O)CCS1. The maximum atomic E-state index is 12.0. The highest BCUT2D eigenvalue weighted by molar-refractivity contribution is 8.00. The first kappa shape index (κ1) is 14.6. The number of hydrogen-bond donors (Lipinski definition) is 1. The summed E-state index contributed by atoms with van der Waals surface area (Å²) in [6, 6.07) is 0. The zero-order chi connectivity index (χ0) is 13.4. The lowest BCUT2D eigenvalue weighted by atomic mass is 9.94. The lowest BCUT2D eigenvalue weighted by Crippen LogP contribution is -2.63. The monoisotopic (exact) mass is 292 g/mol. The molecule has 1 aliphatic carbocycles. The summed E-state index contributed by atoms with van der Waals surface area (Å²) in [7, 11) is -3.02. The third kappa shape index (κ3) is 2.57. The normalized spacial score (nSPS) is 39.1. The largest absolute Gasteiger partial charge is 0.329 e. The van der Waals surface area contributed by atoms with Crippen LogP contribution in [0, 0.1) is 0 Å². The Balaban J connectivity index is 2.29. The molecule has 0 radical (unpaired) electrons. The molecule has 1 heterocycles. The number of rotatable bonds is 3. The van der Waals surface area contributed by atoms with Crippen LogP contribution in [0.3, 0.4) is 0 Å². The highest BCUT2D eigenvalue weighted by Crippen LogP contribution is 2.40. The summed E-state index contributed by atoms with van der Waals surface area (Å²) in [5, 5.41) is 0.299. The fourth-order valence-corrected chi connectivity index (χ4v) is 6.35. The average Bonchev–Trinajstić information content (AvgIpc) is 2.73. The molecule has 2 fully saturated rings. The molecule has 0 aromatic rings. The second-order valence-corrected chi connectivity index (χ2v) is 9.42. The van der Waals surface area contributed by atoms with E-state index in [0.717, 1.165) is 38.1 Å². The molecule has 2 N–H and O–H groups in total. The first-order valence-electron chi connectivity index (χ1n) is 6.66. The van der Waals surface area contributed by atoms with Gasteiger partial charge in [-0.1, -0.05) is 13.3 Å². The molecule has 2 aliphatic rings. The summed E-state index contributed by atoms with van der Waals surface area (Å²) in [5.74, 6) is 1.08. The van der Waals surface area contributed by atoms with Gasteiger partial charge in [-0.3, -0.25) is 4.90 Å². The number of thioether (sulfide) groups is 1. The number of nitrogens with two attached hydrogens (primary N) is 1. The van der Waals surface area contributed by atoms with Crippen molar-refractivity contribution in [3.8, 4) is 0 Å². The summed E-state index contributed by atoms with van der Waals surface area (Å²) < 4.78 is 24.1. The second kappa shape index (κ2) is 5.31. The van der Waals surface area contributed by atoms with Gasteiger partial charge in [0.1, 0.15) is 0 Å². The van der Waals surface area contributed by atoms with Crippen LogP contribution in [0.4, 0.5) is 0 Å². The van der Waals surface area contributed by atoms with E-state index in [1.165, 1.54) is 6.26 Å². The van der Waals surface area contributed by atoms with E-state index >= 15 is 0 Å². The van der Waals surface area contributed by atoms with E-state index in [9.17, 15) is 8.42 Å². The Bertz CT molecular complexity index is 399. The van der Waals surface area contributed by atoms with Crippen LogP contribution < -0.4 is 5.73 Å². The van der Waals surface area contributed by atoms with Gasteiger partial charge in [0.05, 0.1) is 5.25 Å². The Labute approximate surface area is 115 Å². The lowest BCUT2D eigenvalue weighted by Gasteiger charge is -2.47. The van der Waals surface area contributed by atoms with E-state index in [1.54, 1.807) is 0 Å². The van der Waals surface area contributed by atoms with Crippen molar-refractivity contribution in [2.75, 3.05) is 31.6 Å². The predicted molar refractivity (Wildman–Crippen MR) is 77.8 cm³/mol. The zero-order valence-corrected chi connectivity index (χ0v) is 12.9. The Morgan fingerprint density at radius 3 is 2.78 bits per heavy atom. The molecule has 3 atom stereocenters. The van der Waals surface area contributed by atoms with Crippen molar-refractivity contribution in [2.24, 2.45) is 5.73 Å². The molecule has 1 saturated heterocycles. The first-order valence-corrected chi connectivity index (χ1v) is 9.66. The van der Waals surface area contributed by atoms with E-state index in [-0.39, 0.29) is 10.8 Å². The average molecular weight is 292 g/mol. The van der Waals surface area contributed by atoms with Crippen LogP contribution in [0.1, 0.15) is 26.2 Å². The molecule has 0 spiro atoms. The molecule has 1 saturated carbocycles. The molecule has 3 unspecified atom stereocenters. The number of hydrogen-bond acceptors (Lipinski definition) is 5. The molecule has 4 nitrogen and oxygen atoms in total. The number of nitrogens with zero attached hydrogens (tertiary/aromatic N) is 1. The molecule has 0 amide bonds. The van der Waals surface area contributed by atoms with Crippen molar-refractivity contribution in [1.29, 1.82) is 0 Å². The third-order valence-electron chi connectivity index (χ3n) is 4.42. The van der Waals surface area contributed by atoms with Crippen molar-refractivity contribution in [1.82, 2.24) is 4.90 Å². The van der Waals surface area contributed by atoms with Gasteiger partial charge in [-0.15, -0.1) is 0 Å². The van der Waals surface area contributed by atoms with Crippen molar-refractivity contribution < 1.29 is 8.42 Å². The Kier molecular flexibility index (Phi) is 4.31. The summed E-state index contributed by atoms with van der Waals surface area (Å²) in [6.07, 6.45) is 4.05. The van der Waals surface area contributed by atoms with Crippen LogP contribution in [-0.2, 0) is 9.84 Å². The fourth-order valence-electron chi connectivity index (χ4n) is 3.58. The minimum absolute atomic E-state index is 0.273. The highest BCUT2D eigenvalue weighted by Gasteiger charge is 2.51. The summed E-state index contributed by atoms with van der Waals surface area (Å²) in [4.78, 5) is 2.37. The van der Waals surface area contributed by atoms with E-state index in [1.807, 2.05) is 11.8 Å². The minimum Gasteiger partial charge on any atom is -0.329 e. The van der Waals surface area contributed by atoms with Gasteiger partial charge in [0.2, 0.25) is 0 Å². The Morgan fingerprint density at radius 2 is 2.22 bits per heavy atom. The van der Waals surface area contributed by atoms with Crippen LogP contribution in [0.25, 0.3) is 0 Å². The van der Waals surface area contributed by atoms with Crippen LogP contribution in [0.5, 0.6) is 0 Å². The van der Waals surface area contributed by atoms with Gasteiger partial charge in [0.15, 0.2) is 9.84 Å². The van der Waals surface area contributed by atoms with Gasteiger partial charge in [-0.2, -0.15) is 11.8 Å². The van der Waals surface area contributed by atoms with E-state index in [0.29, 0.717) is 11.8 Å². The van der Waals surface area contributed by atoms with Gasteiger partial charge < -0.3 is 5.73 Å². The van der Waals surface area contributed by atoms with Crippen LogP contribution in [0.2, 0.25) is 0 Å². The standard InChI is InChI=1S/C12H24N2O2S2/c1-10-8-14(6-7-17-10)12(9-13)5-3-4-11(12)18(2,15)16/h10-11H,3-9,13H2,1-2H3. The summed E-state index contributed by atoms with van der Waals surface area (Å²) >= 11 is 1.97. The van der Waals surface area contributed by atoms with Gasteiger partial charge in [-0.25, -0.2) is 8.42 Å². The molecule has 0 aromatic heterocycles. The highest BCUT2D eigenvalue weighted by atomic mass is 32.2. The summed E-state index contributed by atoms with van der Waals surface area (Å²) in [6.45, 7) is 4.61. The maximum Gasteiger partial charge on any atom is 0.152 e. The second-order valence-electron chi connectivity index (χ2n) is 5.65. The molecule has 1 aliphatic heterocycles. The summed E-state index contributed by atoms with van der Waals surface area (Å²) in [5.41, 5.74) is 5.72. The smallest absolute Gasteiger partial charge is 0.152 e. The molecule has 0 aromatic carbocycles. The predicted octanol–water partition coefficient (Wildman–Crippen LogP) is 0.718. The first-order chi connectivity index (χ1) is 8.40. The fraction of sp³-hybridized carbons (Fsp3) is 1.00. The van der Waals surface area contributed by atoms with Crippen molar-refractivity contribution >= 4 is 21.6 Å². The quantitative estimate of drug-likeness (QED) is 0.830. The topological polar surface area (TPSA) is 63.4 Å². The van der Waals surface area contributed by atoms with Crippen molar-refractivity contribution in [3.63, 3.8) is 0 Å². The molecule has 2 rings (SSSR count). The van der Waals surface area contributed by atoms with E-state index in [2.05, 4.69) is 11.8 Å². The van der Waals surface area contributed by atoms with Gasteiger partial charge in [0, 0.05) is 42.4 Å². The molecular formula is C12H24N2O2S2. The van der Waals surface area contributed by atoms with Crippen LogP contribution in [0.15, 0.2) is 0 Å². The molecule has 18 heavy (non-hydrogen) atoms.